The van der Waals surface area contributed by atoms with Gasteiger partial charge in [0.1, 0.15) is 6.61 Å². The van der Waals surface area contributed by atoms with Gasteiger partial charge in [-0.15, -0.1) is 0 Å². The molecule has 0 saturated carbocycles. The Morgan fingerprint density at radius 1 is 1.09 bits per heavy atom. The van der Waals surface area contributed by atoms with Gasteiger partial charge in [0.15, 0.2) is 0 Å². The highest BCUT2D eigenvalue weighted by atomic mass is 16.5. The van der Waals surface area contributed by atoms with Crippen LogP contribution in [0.15, 0.2) is 24.3 Å². The fraction of sp³-hybridized carbons (Fsp3) is 0.400. The summed E-state index contributed by atoms with van der Waals surface area (Å²) in [7, 11) is 4.09. The third kappa shape index (κ3) is 3.82. The summed E-state index contributed by atoms with van der Waals surface area (Å²) >= 11 is 0. The monoisotopic (exact) mass is 308 g/mol. The van der Waals surface area contributed by atoms with Gasteiger partial charge in [-0.2, -0.15) is 0 Å². The molecular weight excluding hydrogens is 288 g/mol. The molecule has 2 amide bonds. The minimum Gasteiger partial charge on any atom is -0.465 e. The predicted octanol–water partition coefficient (Wildman–Crippen LogP) is 1.24. The average Bonchev–Trinajstić information content (AvgIpc) is 2.54. The number of methoxy groups -OCH3 is 2. The van der Waals surface area contributed by atoms with Crippen LogP contribution in [-0.4, -0.2) is 50.7 Å². The molecule has 0 radical (unpaired) electrons. The van der Waals surface area contributed by atoms with Crippen LogP contribution in [0.2, 0.25) is 0 Å². The molecule has 7 heteroatoms. The van der Waals surface area contributed by atoms with E-state index in [9.17, 15) is 14.4 Å². The molecule has 0 spiro atoms. The van der Waals surface area contributed by atoms with E-state index in [0.29, 0.717) is 0 Å². The molecule has 0 saturated heterocycles. The molecule has 0 aromatic heterocycles. The molecule has 7 nitrogen and oxygen atoms in total. The number of para-hydroxylation sites is 1. The first-order chi connectivity index (χ1) is 10.5. The quantitative estimate of drug-likeness (QED) is 0.604. The zero-order valence-electron chi connectivity index (χ0n) is 13.2. The number of benzene rings is 1. The summed E-state index contributed by atoms with van der Waals surface area (Å²) in [5.41, 5.74) is 0.483. The minimum atomic E-state index is -0.586. The number of esters is 1. The van der Waals surface area contributed by atoms with Crippen molar-refractivity contribution in [1.82, 2.24) is 5.01 Å². The number of amides is 2. The number of nitrogens with zero attached hydrogens (tertiary/aromatic N) is 2. The summed E-state index contributed by atoms with van der Waals surface area (Å²) in [6, 6.07) is 6.44. The number of hydrogen-bond donors (Lipinski definition) is 0. The van der Waals surface area contributed by atoms with Crippen LogP contribution in [0.1, 0.15) is 23.7 Å². The molecule has 0 heterocycles. The van der Waals surface area contributed by atoms with E-state index in [1.165, 1.54) is 27.3 Å². The van der Waals surface area contributed by atoms with Crippen molar-refractivity contribution < 1.29 is 23.9 Å². The number of carbonyl (C=O) groups is 3. The van der Waals surface area contributed by atoms with Gasteiger partial charge in [-0.3, -0.25) is 9.59 Å². The van der Waals surface area contributed by atoms with Gasteiger partial charge in [0.25, 0.3) is 5.91 Å². The Labute approximate surface area is 129 Å². The molecule has 0 fully saturated rings. The number of ether oxygens (including phenoxy) is 2. The van der Waals surface area contributed by atoms with E-state index >= 15 is 0 Å². The van der Waals surface area contributed by atoms with Gasteiger partial charge in [0.05, 0.1) is 18.4 Å². The van der Waals surface area contributed by atoms with Gasteiger partial charge < -0.3 is 9.47 Å². The van der Waals surface area contributed by atoms with Gasteiger partial charge in [-0.25, -0.2) is 14.8 Å². The Balaban J connectivity index is 3.32. The van der Waals surface area contributed by atoms with E-state index in [2.05, 4.69) is 0 Å². The van der Waals surface area contributed by atoms with Crippen molar-refractivity contribution in [2.75, 3.05) is 32.9 Å². The second-order valence-electron chi connectivity index (χ2n) is 4.42. The van der Waals surface area contributed by atoms with Crippen LogP contribution in [0.4, 0.5) is 5.69 Å². The molecule has 0 aliphatic heterocycles. The van der Waals surface area contributed by atoms with Crippen LogP contribution in [0.5, 0.6) is 0 Å². The highest BCUT2D eigenvalue weighted by Crippen LogP contribution is 2.23. The molecule has 0 bridgehead atoms. The molecule has 22 heavy (non-hydrogen) atoms. The summed E-state index contributed by atoms with van der Waals surface area (Å²) in [6.45, 7) is 1.50. The lowest BCUT2D eigenvalue weighted by atomic mass is 10.1. The van der Waals surface area contributed by atoms with Gasteiger partial charge in [-0.05, 0) is 12.1 Å². The zero-order chi connectivity index (χ0) is 16.7. The van der Waals surface area contributed by atoms with Crippen LogP contribution in [0.25, 0.3) is 0 Å². The third-order valence-corrected chi connectivity index (χ3v) is 3.00. The summed E-state index contributed by atoms with van der Waals surface area (Å²) in [6.07, 6.45) is 0.167. The van der Waals surface area contributed by atoms with Crippen LogP contribution in [0.3, 0.4) is 0 Å². The summed E-state index contributed by atoms with van der Waals surface area (Å²) < 4.78 is 9.53. The smallest absolute Gasteiger partial charge is 0.340 e. The van der Waals surface area contributed by atoms with Crippen LogP contribution in [0, 0.1) is 0 Å². The van der Waals surface area contributed by atoms with Crippen LogP contribution in [-0.2, 0) is 19.1 Å². The van der Waals surface area contributed by atoms with Gasteiger partial charge >= 0.3 is 5.97 Å². The molecule has 0 atom stereocenters. The van der Waals surface area contributed by atoms with Crippen molar-refractivity contribution in [3.63, 3.8) is 0 Å². The first kappa shape index (κ1) is 17.6. The molecule has 0 unspecified atom stereocenters. The molecule has 1 rings (SSSR count). The molecule has 0 aliphatic carbocycles. The maximum atomic E-state index is 12.3. The van der Waals surface area contributed by atoms with E-state index in [1.54, 1.807) is 25.1 Å². The van der Waals surface area contributed by atoms with Gasteiger partial charge in [0.2, 0.25) is 5.91 Å². The summed E-state index contributed by atoms with van der Waals surface area (Å²) in [4.78, 5) is 36.2. The van der Waals surface area contributed by atoms with Crippen molar-refractivity contribution in [1.29, 1.82) is 0 Å². The average molecular weight is 308 g/mol. The topological polar surface area (TPSA) is 76.2 Å². The lowest BCUT2D eigenvalue weighted by Gasteiger charge is -2.32. The molecular formula is C15H20N2O5. The van der Waals surface area contributed by atoms with Gasteiger partial charge in [-0.1, -0.05) is 19.1 Å². The highest BCUT2D eigenvalue weighted by Gasteiger charge is 2.27. The standard InChI is InChI=1S/C15H20N2O5/c1-5-13(18)17(16(2)14(19)10-21-3)12-9-7-6-8-11(12)15(20)22-4/h6-9H,5,10H2,1-4H3. The van der Waals surface area contributed by atoms with Gasteiger partial charge in [0, 0.05) is 20.6 Å². The third-order valence-electron chi connectivity index (χ3n) is 3.00. The molecule has 120 valence electrons. The Morgan fingerprint density at radius 2 is 1.73 bits per heavy atom. The van der Waals surface area contributed by atoms with E-state index in [0.717, 1.165) is 10.0 Å². The lowest BCUT2D eigenvalue weighted by molar-refractivity contribution is -0.138. The van der Waals surface area contributed by atoms with E-state index < -0.39 is 11.9 Å². The maximum Gasteiger partial charge on any atom is 0.340 e. The number of rotatable bonds is 5. The molecule has 0 N–H and O–H groups in total. The van der Waals surface area contributed by atoms with E-state index in [1.807, 2.05) is 0 Å². The van der Waals surface area contributed by atoms with Crippen molar-refractivity contribution in [3.05, 3.63) is 29.8 Å². The van der Waals surface area contributed by atoms with Crippen molar-refractivity contribution >= 4 is 23.5 Å². The SMILES string of the molecule is CCC(=O)N(c1ccccc1C(=O)OC)N(C)C(=O)COC. The fourth-order valence-corrected chi connectivity index (χ4v) is 1.88. The molecule has 0 aliphatic rings. The fourth-order valence-electron chi connectivity index (χ4n) is 1.88. The van der Waals surface area contributed by atoms with Crippen molar-refractivity contribution in [3.8, 4) is 0 Å². The molecule has 1 aromatic rings. The highest BCUT2D eigenvalue weighted by molar-refractivity contribution is 6.03. The maximum absolute atomic E-state index is 12.3. The van der Waals surface area contributed by atoms with E-state index in [4.69, 9.17) is 9.47 Å². The Bertz CT molecular complexity index is 559. The summed E-state index contributed by atoms with van der Waals surface area (Å²) in [5.74, 6) is -1.33. The number of hydrazine groups is 1. The first-order valence-electron chi connectivity index (χ1n) is 6.73. The number of anilines is 1. The van der Waals surface area contributed by atoms with Crippen LogP contribution >= 0.6 is 0 Å². The predicted molar refractivity (Wildman–Crippen MR) is 80.2 cm³/mol. The second kappa shape index (κ2) is 8.14. The first-order valence-corrected chi connectivity index (χ1v) is 6.73. The largest absolute Gasteiger partial charge is 0.465 e. The second-order valence-corrected chi connectivity index (χ2v) is 4.42. The number of carbonyl (C=O) groups excluding carboxylic acids is 3. The molecule has 1 aromatic carbocycles. The van der Waals surface area contributed by atoms with Crippen LogP contribution < -0.4 is 5.01 Å². The van der Waals surface area contributed by atoms with E-state index in [-0.39, 0.29) is 30.2 Å². The minimum absolute atomic E-state index is 0.167. The van der Waals surface area contributed by atoms with Crippen molar-refractivity contribution in [2.45, 2.75) is 13.3 Å². The normalized spacial score (nSPS) is 10.0. The Morgan fingerprint density at radius 3 is 2.27 bits per heavy atom. The Kier molecular flexibility index (Phi) is 6.52. The number of hydrogen-bond acceptors (Lipinski definition) is 5. The van der Waals surface area contributed by atoms with Crippen molar-refractivity contribution in [2.24, 2.45) is 0 Å². The Hall–Kier alpha value is -2.41. The summed E-state index contributed by atoms with van der Waals surface area (Å²) in [5, 5.41) is 2.30. The zero-order valence-corrected chi connectivity index (χ0v) is 13.2. The lowest BCUT2D eigenvalue weighted by Crippen LogP contribution is -2.49. The number of likely N-dealkylation sites (N-methyl/N-ethyl adjacent to an activating group) is 1.